The zero-order chi connectivity index (χ0) is 16.0. The monoisotopic (exact) mass is 310 g/mol. The van der Waals surface area contributed by atoms with Crippen LogP contribution in [-0.4, -0.2) is 18.2 Å². The molecule has 4 rings (SSSR count). The fourth-order valence-corrected chi connectivity index (χ4v) is 3.01. The van der Waals surface area contributed by atoms with Gasteiger partial charge in [0.25, 0.3) is 5.91 Å². The molecule has 5 heteroatoms. The lowest BCUT2D eigenvalue weighted by Crippen LogP contribution is -2.53. The number of nitrogens with one attached hydrogen (secondary N) is 1. The van der Waals surface area contributed by atoms with Gasteiger partial charge in [0.05, 0.1) is 17.9 Å². The van der Waals surface area contributed by atoms with Gasteiger partial charge in [0.2, 0.25) is 6.79 Å². The Morgan fingerprint density at radius 2 is 1.83 bits per heavy atom. The van der Waals surface area contributed by atoms with Gasteiger partial charge in [-0.2, -0.15) is 0 Å². The molecule has 0 bridgehead atoms. The first-order valence-electron chi connectivity index (χ1n) is 7.62. The van der Waals surface area contributed by atoms with Crippen LogP contribution >= 0.6 is 0 Å². The topological polar surface area (TPSA) is 50.8 Å². The van der Waals surface area contributed by atoms with Gasteiger partial charge in [-0.1, -0.05) is 30.3 Å². The molecule has 0 atom stereocenters. The van der Waals surface area contributed by atoms with Crippen molar-refractivity contribution in [1.29, 1.82) is 0 Å². The van der Waals surface area contributed by atoms with Crippen molar-refractivity contribution in [3.05, 3.63) is 48.0 Å². The van der Waals surface area contributed by atoms with Crippen molar-refractivity contribution in [3.63, 3.8) is 0 Å². The van der Waals surface area contributed by atoms with Gasteiger partial charge in [0.1, 0.15) is 5.54 Å². The van der Waals surface area contributed by atoms with E-state index in [0.717, 1.165) is 16.9 Å². The molecule has 0 unspecified atom stereocenters. The summed E-state index contributed by atoms with van der Waals surface area (Å²) >= 11 is 0. The lowest BCUT2D eigenvalue weighted by atomic mass is 9.97. The molecule has 5 nitrogen and oxygen atoms in total. The largest absolute Gasteiger partial charge is 0.454 e. The lowest BCUT2D eigenvalue weighted by Gasteiger charge is -2.40. The summed E-state index contributed by atoms with van der Waals surface area (Å²) in [5.74, 6) is 1.42. The van der Waals surface area contributed by atoms with Crippen LogP contribution in [-0.2, 0) is 11.3 Å². The molecule has 0 saturated heterocycles. The molecule has 2 aromatic carbocycles. The van der Waals surface area contributed by atoms with E-state index < -0.39 is 5.54 Å². The lowest BCUT2D eigenvalue weighted by molar-refractivity contribution is -0.122. The zero-order valence-corrected chi connectivity index (χ0v) is 13.1. The minimum absolute atomic E-state index is 0.0349. The summed E-state index contributed by atoms with van der Waals surface area (Å²) in [6.07, 6.45) is 0. The van der Waals surface area contributed by atoms with Crippen molar-refractivity contribution in [2.24, 2.45) is 0 Å². The second kappa shape index (κ2) is 4.91. The molecule has 23 heavy (non-hydrogen) atoms. The summed E-state index contributed by atoms with van der Waals surface area (Å²) in [7, 11) is 0. The van der Waals surface area contributed by atoms with Gasteiger partial charge >= 0.3 is 0 Å². The molecule has 0 saturated carbocycles. The van der Waals surface area contributed by atoms with E-state index >= 15 is 0 Å². The van der Waals surface area contributed by atoms with Crippen LogP contribution in [0.4, 0.5) is 11.4 Å². The summed E-state index contributed by atoms with van der Waals surface area (Å²) in [6, 6.07) is 13.8. The minimum atomic E-state index is -0.671. The molecule has 0 radical (unpaired) electrons. The number of benzene rings is 2. The van der Waals surface area contributed by atoms with E-state index in [9.17, 15) is 4.79 Å². The number of hydrogen-bond donors (Lipinski definition) is 1. The van der Waals surface area contributed by atoms with Crippen molar-refractivity contribution >= 4 is 17.3 Å². The molecule has 118 valence electrons. The summed E-state index contributed by atoms with van der Waals surface area (Å²) in [5, 5.41) is 3.30. The Bertz CT molecular complexity index is 771. The summed E-state index contributed by atoms with van der Waals surface area (Å²) in [4.78, 5) is 14.7. The van der Waals surface area contributed by atoms with E-state index in [1.165, 1.54) is 0 Å². The molecular formula is C18H18N2O3. The second-order valence-corrected chi connectivity index (χ2v) is 6.35. The molecule has 2 aliphatic rings. The molecule has 2 aromatic rings. The quantitative estimate of drug-likeness (QED) is 0.926. The summed E-state index contributed by atoms with van der Waals surface area (Å²) in [5.41, 5.74) is 2.12. The number of nitrogens with zero attached hydrogens (tertiary/aromatic N) is 1. The third kappa shape index (κ3) is 2.29. The van der Waals surface area contributed by atoms with E-state index in [0.29, 0.717) is 18.0 Å². The average Bonchev–Trinajstić information content (AvgIpc) is 2.98. The van der Waals surface area contributed by atoms with Gasteiger partial charge in [-0.25, -0.2) is 0 Å². The van der Waals surface area contributed by atoms with Crippen LogP contribution in [0.25, 0.3) is 0 Å². The highest BCUT2D eigenvalue weighted by Gasteiger charge is 2.39. The highest BCUT2D eigenvalue weighted by Crippen LogP contribution is 2.45. The number of rotatable bonds is 2. The average molecular weight is 310 g/mol. The van der Waals surface area contributed by atoms with E-state index in [4.69, 9.17) is 9.47 Å². The fourth-order valence-electron chi connectivity index (χ4n) is 3.01. The van der Waals surface area contributed by atoms with Crippen LogP contribution in [0.1, 0.15) is 19.4 Å². The number of hydrogen-bond acceptors (Lipinski definition) is 4. The Morgan fingerprint density at radius 3 is 2.57 bits per heavy atom. The minimum Gasteiger partial charge on any atom is -0.454 e. The third-order valence-electron chi connectivity index (χ3n) is 4.19. The van der Waals surface area contributed by atoms with Gasteiger partial charge in [-0.3, -0.25) is 4.79 Å². The molecular weight excluding hydrogens is 292 g/mol. The number of anilines is 2. The van der Waals surface area contributed by atoms with Crippen LogP contribution in [0.2, 0.25) is 0 Å². The fraction of sp³-hybridized carbons (Fsp3) is 0.278. The molecule has 2 aliphatic heterocycles. The van der Waals surface area contributed by atoms with Crippen molar-refractivity contribution in [3.8, 4) is 11.5 Å². The van der Waals surface area contributed by atoms with Crippen LogP contribution < -0.4 is 19.7 Å². The van der Waals surface area contributed by atoms with Gasteiger partial charge in [0.15, 0.2) is 11.5 Å². The maximum absolute atomic E-state index is 12.9. The Balaban J connectivity index is 1.80. The van der Waals surface area contributed by atoms with E-state index in [-0.39, 0.29) is 12.7 Å². The highest BCUT2D eigenvalue weighted by molar-refractivity contribution is 6.07. The Kier molecular flexibility index (Phi) is 2.98. The number of ether oxygens (including phenoxy) is 2. The molecule has 0 spiro atoms. The van der Waals surface area contributed by atoms with E-state index in [1.54, 1.807) is 0 Å². The third-order valence-corrected chi connectivity index (χ3v) is 4.19. The second-order valence-electron chi connectivity index (χ2n) is 6.35. The standard InChI is InChI=1S/C18H18N2O3/c1-18(2)17(21)20(10-12-6-4-3-5-7-12)14-9-16-15(22-11-23-16)8-13(14)19-18/h3-9,19H,10-11H2,1-2H3. The van der Waals surface area contributed by atoms with Crippen LogP contribution in [0.3, 0.4) is 0 Å². The Morgan fingerprint density at radius 1 is 1.13 bits per heavy atom. The zero-order valence-electron chi connectivity index (χ0n) is 13.1. The first-order chi connectivity index (χ1) is 11.0. The maximum atomic E-state index is 12.9. The van der Waals surface area contributed by atoms with Crippen LogP contribution in [0.15, 0.2) is 42.5 Å². The van der Waals surface area contributed by atoms with Crippen molar-refractivity contribution in [2.45, 2.75) is 25.9 Å². The van der Waals surface area contributed by atoms with E-state index in [2.05, 4.69) is 5.32 Å². The first kappa shape index (κ1) is 13.9. The summed E-state index contributed by atoms with van der Waals surface area (Å²) < 4.78 is 10.9. The number of fused-ring (bicyclic) bond motifs is 2. The van der Waals surface area contributed by atoms with E-state index in [1.807, 2.05) is 61.2 Å². The smallest absolute Gasteiger partial charge is 0.252 e. The predicted octanol–water partition coefficient (Wildman–Crippen LogP) is 3.15. The number of carbonyl (C=O) groups excluding carboxylic acids is 1. The number of amides is 1. The summed E-state index contributed by atoms with van der Waals surface area (Å²) in [6.45, 7) is 4.52. The van der Waals surface area contributed by atoms with Crippen LogP contribution in [0, 0.1) is 0 Å². The van der Waals surface area contributed by atoms with Crippen LogP contribution in [0.5, 0.6) is 11.5 Å². The first-order valence-corrected chi connectivity index (χ1v) is 7.62. The Labute approximate surface area is 134 Å². The molecule has 2 heterocycles. The SMILES string of the molecule is CC1(C)Nc2cc3c(cc2N(Cc2ccccc2)C1=O)OCO3. The van der Waals surface area contributed by atoms with Crippen molar-refractivity contribution in [2.75, 3.05) is 17.0 Å². The normalized spacial score (nSPS) is 17.7. The molecule has 1 amide bonds. The van der Waals surface area contributed by atoms with Crippen molar-refractivity contribution in [1.82, 2.24) is 0 Å². The van der Waals surface area contributed by atoms with Gasteiger partial charge in [0, 0.05) is 12.1 Å². The van der Waals surface area contributed by atoms with Gasteiger partial charge in [-0.15, -0.1) is 0 Å². The molecule has 0 fully saturated rings. The highest BCUT2D eigenvalue weighted by atomic mass is 16.7. The molecule has 0 aliphatic carbocycles. The molecule has 1 N–H and O–H groups in total. The predicted molar refractivity (Wildman–Crippen MR) is 87.9 cm³/mol. The Hall–Kier alpha value is -2.69. The van der Waals surface area contributed by atoms with Gasteiger partial charge < -0.3 is 19.7 Å². The number of carbonyl (C=O) groups is 1. The molecule has 0 aromatic heterocycles. The maximum Gasteiger partial charge on any atom is 0.252 e. The van der Waals surface area contributed by atoms with Gasteiger partial charge in [-0.05, 0) is 19.4 Å². The van der Waals surface area contributed by atoms with Crippen molar-refractivity contribution < 1.29 is 14.3 Å².